The summed E-state index contributed by atoms with van der Waals surface area (Å²) >= 11 is 12.8. The third-order valence-corrected chi connectivity index (χ3v) is 4.15. The van der Waals surface area contributed by atoms with Gasteiger partial charge in [-0.25, -0.2) is 9.97 Å². The number of halogens is 3. The van der Waals surface area contributed by atoms with Gasteiger partial charge in [0, 0.05) is 21.5 Å². The molecule has 1 N–H and O–H groups in total. The molecule has 98 valence electrons. The molecule has 0 unspecified atom stereocenters. The van der Waals surface area contributed by atoms with Crippen LogP contribution >= 0.6 is 43.5 Å². The number of hydrogen-bond donors (Lipinski definition) is 1. The fourth-order valence-corrected chi connectivity index (χ4v) is 2.93. The van der Waals surface area contributed by atoms with Crippen LogP contribution in [0.1, 0.15) is 24.6 Å². The minimum Gasteiger partial charge on any atom is -0.339 e. The average molecular weight is 404 g/mol. The van der Waals surface area contributed by atoms with E-state index in [2.05, 4.69) is 47.1 Å². The van der Waals surface area contributed by atoms with Gasteiger partial charge in [0.15, 0.2) is 0 Å². The molecule has 0 bridgehead atoms. The van der Waals surface area contributed by atoms with Crippen molar-refractivity contribution in [2.75, 3.05) is 5.32 Å². The molecule has 3 rings (SSSR count). The van der Waals surface area contributed by atoms with Crippen LogP contribution in [0.15, 0.2) is 33.3 Å². The van der Waals surface area contributed by atoms with Crippen LogP contribution < -0.4 is 5.32 Å². The Morgan fingerprint density at radius 1 is 1.16 bits per heavy atom. The Bertz CT molecular complexity index is 629. The Hall–Kier alpha value is -0.650. The maximum Gasteiger partial charge on any atom is 0.135 e. The van der Waals surface area contributed by atoms with Crippen LogP contribution in [-0.2, 0) is 0 Å². The van der Waals surface area contributed by atoms with Gasteiger partial charge in [0.05, 0.1) is 5.69 Å². The van der Waals surface area contributed by atoms with E-state index in [-0.39, 0.29) is 0 Å². The number of nitrogens with zero attached hydrogens (tertiary/aromatic N) is 2. The Balaban J connectivity index is 1.89. The summed E-state index contributed by atoms with van der Waals surface area (Å²) in [4.78, 5) is 8.96. The summed E-state index contributed by atoms with van der Waals surface area (Å²) in [6.07, 6.45) is 2.36. The van der Waals surface area contributed by atoms with Gasteiger partial charge in [-0.3, -0.25) is 0 Å². The zero-order valence-corrected chi connectivity index (χ0v) is 13.8. The van der Waals surface area contributed by atoms with Crippen molar-refractivity contribution in [1.29, 1.82) is 0 Å². The molecule has 0 radical (unpaired) electrons. The molecule has 0 atom stereocenters. The second kappa shape index (κ2) is 5.38. The second-order valence-corrected chi connectivity index (χ2v) is 6.56. The minimum absolute atomic E-state index is 0.520. The standard InChI is InChI=1S/C13H10Br2ClN3/c14-9-5-8(16)3-4-10(9)17-12-6-11(15)18-13(19-12)7-1-2-7/h3-7H,1-2H2,(H,17,18,19). The molecular formula is C13H10Br2ClN3. The minimum atomic E-state index is 0.520. The molecule has 0 amide bonds. The van der Waals surface area contributed by atoms with Crippen molar-refractivity contribution < 1.29 is 0 Å². The molecule has 1 saturated carbocycles. The lowest BCUT2D eigenvalue weighted by Gasteiger charge is -2.09. The number of nitrogens with one attached hydrogen (secondary N) is 1. The highest BCUT2D eigenvalue weighted by Gasteiger charge is 2.27. The summed E-state index contributed by atoms with van der Waals surface area (Å²) in [6, 6.07) is 7.47. The SMILES string of the molecule is Clc1ccc(Nc2cc(Br)nc(C3CC3)n2)c(Br)c1. The van der Waals surface area contributed by atoms with Gasteiger partial charge in [0.1, 0.15) is 16.2 Å². The van der Waals surface area contributed by atoms with E-state index in [4.69, 9.17) is 11.6 Å². The van der Waals surface area contributed by atoms with Crippen molar-refractivity contribution in [3.05, 3.63) is 44.2 Å². The molecule has 2 aromatic rings. The van der Waals surface area contributed by atoms with Gasteiger partial charge in [-0.05, 0) is 62.9 Å². The molecular weight excluding hydrogens is 393 g/mol. The molecule has 1 aromatic heterocycles. The van der Waals surface area contributed by atoms with Crippen molar-refractivity contribution in [3.8, 4) is 0 Å². The largest absolute Gasteiger partial charge is 0.339 e. The fraction of sp³-hybridized carbons (Fsp3) is 0.231. The van der Waals surface area contributed by atoms with Crippen molar-refractivity contribution in [3.63, 3.8) is 0 Å². The maximum atomic E-state index is 5.93. The summed E-state index contributed by atoms with van der Waals surface area (Å²) in [5.41, 5.74) is 0.928. The van der Waals surface area contributed by atoms with E-state index < -0.39 is 0 Å². The average Bonchev–Trinajstić information content (AvgIpc) is 3.16. The topological polar surface area (TPSA) is 37.8 Å². The molecule has 19 heavy (non-hydrogen) atoms. The first-order chi connectivity index (χ1) is 9.11. The van der Waals surface area contributed by atoms with E-state index in [9.17, 15) is 0 Å². The Kier molecular flexibility index (Phi) is 3.78. The van der Waals surface area contributed by atoms with Crippen LogP contribution in [0, 0.1) is 0 Å². The third kappa shape index (κ3) is 3.27. The predicted molar refractivity (Wildman–Crippen MR) is 84.1 cm³/mol. The number of aromatic nitrogens is 2. The Morgan fingerprint density at radius 2 is 1.95 bits per heavy atom. The Labute approximate surface area is 133 Å². The highest BCUT2D eigenvalue weighted by molar-refractivity contribution is 9.10. The van der Waals surface area contributed by atoms with Crippen molar-refractivity contribution in [1.82, 2.24) is 9.97 Å². The lowest BCUT2D eigenvalue weighted by molar-refractivity contribution is 0.919. The van der Waals surface area contributed by atoms with E-state index >= 15 is 0 Å². The molecule has 6 heteroatoms. The molecule has 0 spiro atoms. The highest BCUT2D eigenvalue weighted by Crippen LogP contribution is 2.39. The van der Waals surface area contributed by atoms with Crippen LogP contribution in [0.2, 0.25) is 5.02 Å². The van der Waals surface area contributed by atoms with E-state index in [1.807, 2.05) is 24.3 Å². The first-order valence-electron chi connectivity index (χ1n) is 5.88. The summed E-state index contributed by atoms with van der Waals surface area (Å²) in [7, 11) is 0. The van der Waals surface area contributed by atoms with Crippen LogP contribution in [0.25, 0.3) is 0 Å². The molecule has 1 aliphatic rings. The summed E-state index contributed by atoms with van der Waals surface area (Å²) in [5.74, 6) is 2.21. The van der Waals surface area contributed by atoms with E-state index in [1.165, 1.54) is 12.8 Å². The molecule has 1 heterocycles. The van der Waals surface area contributed by atoms with Gasteiger partial charge >= 0.3 is 0 Å². The van der Waals surface area contributed by atoms with Crippen LogP contribution in [0.5, 0.6) is 0 Å². The van der Waals surface area contributed by atoms with Gasteiger partial charge in [0.25, 0.3) is 0 Å². The zero-order valence-electron chi connectivity index (χ0n) is 9.83. The maximum absolute atomic E-state index is 5.93. The third-order valence-electron chi connectivity index (χ3n) is 2.85. The first kappa shape index (κ1) is 13.3. The van der Waals surface area contributed by atoms with E-state index in [0.29, 0.717) is 10.9 Å². The highest BCUT2D eigenvalue weighted by atomic mass is 79.9. The monoisotopic (exact) mass is 401 g/mol. The molecule has 1 fully saturated rings. The zero-order chi connectivity index (χ0) is 13.4. The van der Waals surface area contributed by atoms with Crippen LogP contribution in [0.4, 0.5) is 11.5 Å². The lowest BCUT2D eigenvalue weighted by atomic mass is 10.3. The molecule has 3 nitrogen and oxygen atoms in total. The van der Waals surface area contributed by atoms with Gasteiger partial charge in [-0.1, -0.05) is 11.6 Å². The fourth-order valence-electron chi connectivity index (χ4n) is 1.75. The van der Waals surface area contributed by atoms with Gasteiger partial charge in [0.2, 0.25) is 0 Å². The molecule has 1 aromatic carbocycles. The number of anilines is 2. The normalized spacial score (nSPS) is 14.5. The predicted octanol–water partition coefficient (Wildman–Crippen LogP) is 5.28. The van der Waals surface area contributed by atoms with Crippen molar-refractivity contribution in [2.24, 2.45) is 0 Å². The smallest absolute Gasteiger partial charge is 0.135 e. The molecule has 0 saturated heterocycles. The quantitative estimate of drug-likeness (QED) is 0.709. The number of benzene rings is 1. The summed E-state index contributed by atoms with van der Waals surface area (Å²) < 4.78 is 1.71. The molecule has 1 aliphatic carbocycles. The van der Waals surface area contributed by atoms with Crippen molar-refractivity contribution >= 4 is 55.0 Å². The van der Waals surface area contributed by atoms with Crippen LogP contribution in [0.3, 0.4) is 0 Å². The summed E-state index contributed by atoms with van der Waals surface area (Å²) in [6.45, 7) is 0. The summed E-state index contributed by atoms with van der Waals surface area (Å²) in [5, 5.41) is 3.97. The number of hydrogen-bond acceptors (Lipinski definition) is 3. The second-order valence-electron chi connectivity index (χ2n) is 4.46. The van der Waals surface area contributed by atoms with Crippen molar-refractivity contribution in [2.45, 2.75) is 18.8 Å². The van der Waals surface area contributed by atoms with Crippen LogP contribution in [-0.4, -0.2) is 9.97 Å². The molecule has 0 aliphatic heterocycles. The Morgan fingerprint density at radius 3 is 2.63 bits per heavy atom. The first-order valence-corrected chi connectivity index (χ1v) is 7.85. The van der Waals surface area contributed by atoms with Gasteiger partial charge in [-0.15, -0.1) is 0 Å². The number of rotatable bonds is 3. The lowest BCUT2D eigenvalue weighted by Crippen LogP contribution is -2.00. The van der Waals surface area contributed by atoms with E-state index in [1.54, 1.807) is 0 Å². The van der Waals surface area contributed by atoms with Gasteiger partial charge in [-0.2, -0.15) is 0 Å². The van der Waals surface area contributed by atoms with Gasteiger partial charge < -0.3 is 5.32 Å². The van der Waals surface area contributed by atoms with E-state index in [0.717, 1.165) is 26.4 Å².